The Morgan fingerprint density at radius 2 is 1.87 bits per heavy atom. The smallest absolute Gasteiger partial charge is 0.251 e. The van der Waals surface area contributed by atoms with Crippen molar-refractivity contribution in [2.75, 3.05) is 7.05 Å². The van der Waals surface area contributed by atoms with Gasteiger partial charge in [-0.25, -0.2) is 4.98 Å². The molecule has 0 unspecified atom stereocenters. The molecule has 152 valence electrons. The molecule has 4 aromatic rings. The molecule has 1 saturated carbocycles. The highest BCUT2D eigenvalue weighted by molar-refractivity contribution is 7.23. The van der Waals surface area contributed by atoms with Crippen LogP contribution in [-0.4, -0.2) is 28.1 Å². The Hall–Kier alpha value is -2.99. The molecule has 1 fully saturated rings. The number of hydrogen-bond donors (Lipinski definition) is 1. The second kappa shape index (κ2) is 7.36. The molecular formula is C24H23N3O2S. The number of Topliss-reactive ketones (excluding diaryl/α,β-unsaturated/α-hetero) is 1. The summed E-state index contributed by atoms with van der Waals surface area (Å²) >= 11 is 1.59. The summed E-state index contributed by atoms with van der Waals surface area (Å²) in [5, 5.41) is 2.63. The van der Waals surface area contributed by atoms with Crippen LogP contribution in [-0.2, 0) is 0 Å². The van der Waals surface area contributed by atoms with Gasteiger partial charge in [0.05, 0.1) is 15.9 Å². The first kappa shape index (κ1) is 19.0. The highest BCUT2D eigenvalue weighted by Crippen LogP contribution is 2.37. The first-order valence-corrected chi connectivity index (χ1v) is 11.1. The third kappa shape index (κ3) is 3.31. The lowest BCUT2D eigenvalue weighted by Crippen LogP contribution is -2.23. The Bertz CT molecular complexity index is 1260. The van der Waals surface area contributed by atoms with E-state index >= 15 is 0 Å². The number of fused-ring (bicyclic) bond motifs is 3. The molecule has 0 spiro atoms. The highest BCUT2D eigenvalue weighted by Gasteiger charge is 2.27. The summed E-state index contributed by atoms with van der Waals surface area (Å²) < 4.78 is 3.15. The average Bonchev–Trinajstić information content (AvgIpc) is 3.29. The Labute approximate surface area is 178 Å². The molecule has 0 bridgehead atoms. The van der Waals surface area contributed by atoms with Gasteiger partial charge >= 0.3 is 0 Å². The Morgan fingerprint density at radius 1 is 1.13 bits per heavy atom. The number of nitrogens with zero attached hydrogens (tertiary/aromatic N) is 2. The van der Waals surface area contributed by atoms with Gasteiger partial charge in [0, 0.05) is 36.4 Å². The summed E-state index contributed by atoms with van der Waals surface area (Å²) in [7, 11) is 1.62. The molecule has 5 nitrogen and oxygen atoms in total. The molecule has 2 aromatic carbocycles. The van der Waals surface area contributed by atoms with Crippen molar-refractivity contribution in [1.82, 2.24) is 14.7 Å². The minimum Gasteiger partial charge on any atom is -0.355 e. The number of imidazole rings is 1. The zero-order valence-electron chi connectivity index (χ0n) is 17.0. The fourth-order valence-corrected chi connectivity index (χ4v) is 5.41. The zero-order chi connectivity index (χ0) is 20.8. The van der Waals surface area contributed by atoms with Crippen LogP contribution in [0.2, 0.25) is 0 Å². The van der Waals surface area contributed by atoms with E-state index in [0.717, 1.165) is 37.9 Å². The maximum Gasteiger partial charge on any atom is 0.251 e. The third-order valence-electron chi connectivity index (χ3n) is 6.03. The molecule has 1 aliphatic rings. The topological polar surface area (TPSA) is 63.5 Å². The fourth-order valence-electron chi connectivity index (χ4n) is 4.37. The van der Waals surface area contributed by atoms with Crippen molar-refractivity contribution in [3.05, 3.63) is 59.8 Å². The van der Waals surface area contributed by atoms with Crippen molar-refractivity contribution >= 4 is 38.2 Å². The number of amides is 1. The first-order valence-electron chi connectivity index (χ1n) is 10.3. The summed E-state index contributed by atoms with van der Waals surface area (Å²) in [5.74, 6) is 1.47. The maximum absolute atomic E-state index is 12.6. The molecule has 2 heterocycles. The molecule has 1 aliphatic carbocycles. The molecule has 1 amide bonds. The summed E-state index contributed by atoms with van der Waals surface area (Å²) in [6.45, 7) is 2.25. The SMILES string of the molecule is CNC(=O)c1ccc(-c2cn3c(n2)sc2cc(C(=O)CC4CC(C)C4)ccc23)cc1. The summed E-state index contributed by atoms with van der Waals surface area (Å²) in [4.78, 5) is 30.0. The number of rotatable bonds is 5. The van der Waals surface area contributed by atoms with Gasteiger partial charge in [-0.1, -0.05) is 30.4 Å². The first-order chi connectivity index (χ1) is 14.5. The van der Waals surface area contributed by atoms with E-state index in [0.29, 0.717) is 17.9 Å². The predicted octanol–water partition coefficient (Wildman–Crippen LogP) is 5.19. The number of aromatic nitrogens is 2. The molecule has 6 heteroatoms. The van der Waals surface area contributed by atoms with Gasteiger partial charge in [-0.2, -0.15) is 0 Å². The zero-order valence-corrected chi connectivity index (χ0v) is 17.8. The van der Waals surface area contributed by atoms with Gasteiger partial charge in [0.25, 0.3) is 5.91 Å². The van der Waals surface area contributed by atoms with E-state index in [1.54, 1.807) is 30.5 Å². The minimum atomic E-state index is -0.101. The molecular weight excluding hydrogens is 394 g/mol. The van der Waals surface area contributed by atoms with Gasteiger partial charge in [-0.3, -0.25) is 14.0 Å². The van der Waals surface area contributed by atoms with Crippen molar-refractivity contribution < 1.29 is 9.59 Å². The quantitative estimate of drug-likeness (QED) is 0.454. The van der Waals surface area contributed by atoms with E-state index in [-0.39, 0.29) is 11.7 Å². The molecule has 0 radical (unpaired) electrons. The van der Waals surface area contributed by atoms with Crippen molar-refractivity contribution in [1.29, 1.82) is 0 Å². The van der Waals surface area contributed by atoms with E-state index in [2.05, 4.69) is 16.6 Å². The van der Waals surface area contributed by atoms with Gasteiger partial charge < -0.3 is 5.32 Å². The van der Waals surface area contributed by atoms with Crippen molar-refractivity contribution in [2.45, 2.75) is 26.2 Å². The van der Waals surface area contributed by atoms with Crippen LogP contribution in [0.25, 0.3) is 26.4 Å². The standard InChI is InChI=1S/C24H23N3O2S/c1-14-9-15(10-14)11-21(28)18-7-8-20-22(12-18)30-24-26-19(13-27(20)24)16-3-5-17(6-4-16)23(29)25-2/h3-8,12-15H,9-11H2,1-2H3,(H,25,29). The number of thiazole rings is 1. The number of carbonyl (C=O) groups is 2. The van der Waals surface area contributed by atoms with Crippen LogP contribution in [0.5, 0.6) is 0 Å². The van der Waals surface area contributed by atoms with Crippen LogP contribution in [0.3, 0.4) is 0 Å². The lowest BCUT2D eigenvalue weighted by Gasteiger charge is -2.32. The Kier molecular flexibility index (Phi) is 4.66. The van der Waals surface area contributed by atoms with Crippen molar-refractivity contribution in [3.63, 3.8) is 0 Å². The minimum absolute atomic E-state index is 0.101. The molecule has 2 aromatic heterocycles. The number of benzene rings is 2. The molecule has 30 heavy (non-hydrogen) atoms. The summed E-state index contributed by atoms with van der Waals surface area (Å²) in [6, 6.07) is 13.4. The summed E-state index contributed by atoms with van der Waals surface area (Å²) in [5.41, 5.74) is 4.32. The van der Waals surface area contributed by atoms with E-state index in [1.165, 1.54) is 12.8 Å². The van der Waals surface area contributed by atoms with Gasteiger partial charge in [0.15, 0.2) is 10.7 Å². The van der Waals surface area contributed by atoms with Crippen LogP contribution in [0, 0.1) is 11.8 Å². The number of carbonyl (C=O) groups excluding carboxylic acids is 2. The van der Waals surface area contributed by atoms with Gasteiger partial charge in [-0.05, 0) is 55.0 Å². The second-order valence-corrected chi connectivity index (χ2v) is 9.30. The van der Waals surface area contributed by atoms with E-state index in [4.69, 9.17) is 4.98 Å². The molecule has 5 rings (SSSR count). The molecule has 0 aliphatic heterocycles. The normalized spacial score (nSPS) is 18.5. The van der Waals surface area contributed by atoms with Crippen molar-refractivity contribution in [2.24, 2.45) is 11.8 Å². The Balaban J connectivity index is 1.41. The molecule has 1 N–H and O–H groups in total. The van der Waals surface area contributed by atoms with E-state index in [1.807, 2.05) is 36.5 Å². The third-order valence-corrected chi connectivity index (χ3v) is 7.05. The summed E-state index contributed by atoms with van der Waals surface area (Å²) in [6.07, 6.45) is 5.02. The number of ketones is 1. The largest absolute Gasteiger partial charge is 0.355 e. The number of hydrogen-bond acceptors (Lipinski definition) is 4. The Morgan fingerprint density at radius 3 is 2.57 bits per heavy atom. The maximum atomic E-state index is 12.6. The van der Waals surface area contributed by atoms with Crippen LogP contribution in [0.1, 0.15) is 46.9 Å². The molecule has 0 atom stereocenters. The fraction of sp³-hybridized carbons (Fsp3) is 0.292. The monoisotopic (exact) mass is 417 g/mol. The van der Waals surface area contributed by atoms with Crippen LogP contribution in [0.15, 0.2) is 48.7 Å². The predicted molar refractivity (Wildman–Crippen MR) is 120 cm³/mol. The highest BCUT2D eigenvalue weighted by atomic mass is 32.1. The van der Waals surface area contributed by atoms with Crippen LogP contribution in [0.4, 0.5) is 0 Å². The van der Waals surface area contributed by atoms with Crippen LogP contribution < -0.4 is 5.32 Å². The van der Waals surface area contributed by atoms with E-state index < -0.39 is 0 Å². The van der Waals surface area contributed by atoms with Gasteiger partial charge in [-0.15, -0.1) is 0 Å². The number of nitrogens with one attached hydrogen (secondary N) is 1. The molecule has 0 saturated heterocycles. The van der Waals surface area contributed by atoms with E-state index in [9.17, 15) is 9.59 Å². The van der Waals surface area contributed by atoms with Gasteiger partial charge in [0.2, 0.25) is 0 Å². The van der Waals surface area contributed by atoms with Crippen LogP contribution >= 0.6 is 11.3 Å². The van der Waals surface area contributed by atoms with Gasteiger partial charge in [0.1, 0.15) is 0 Å². The average molecular weight is 418 g/mol. The van der Waals surface area contributed by atoms with Crippen molar-refractivity contribution in [3.8, 4) is 11.3 Å². The second-order valence-electron chi connectivity index (χ2n) is 8.29. The lowest BCUT2D eigenvalue weighted by molar-refractivity contribution is 0.0904. The lowest BCUT2D eigenvalue weighted by atomic mass is 9.73.